The van der Waals surface area contributed by atoms with E-state index >= 15 is 0 Å². The van der Waals surface area contributed by atoms with Gasteiger partial charge in [0.05, 0.1) is 0 Å². The first kappa shape index (κ1) is 13.5. The highest BCUT2D eigenvalue weighted by atomic mass is 16.5. The van der Waals surface area contributed by atoms with Crippen molar-refractivity contribution < 1.29 is 9.53 Å². The Hall–Kier alpha value is -1.94. The molecule has 100 valence electrons. The third-order valence-corrected chi connectivity index (χ3v) is 3.24. The minimum Gasteiger partial charge on any atom is -0.385 e. The predicted molar refractivity (Wildman–Crippen MR) is 74.3 cm³/mol. The smallest absolute Gasteiger partial charge is 0.151 e. The molecule has 2 rings (SSSR count). The van der Waals surface area contributed by atoms with Crippen molar-refractivity contribution in [1.29, 1.82) is 0 Å². The van der Waals surface area contributed by atoms with Crippen molar-refractivity contribution in [3.63, 3.8) is 0 Å². The Morgan fingerprint density at radius 2 is 2.11 bits per heavy atom. The predicted octanol–water partition coefficient (Wildman–Crippen LogP) is 2.71. The first-order chi connectivity index (χ1) is 9.27. The second-order valence-electron chi connectivity index (χ2n) is 4.42. The van der Waals surface area contributed by atoms with Crippen LogP contribution in [0.5, 0.6) is 0 Å². The number of aromatic nitrogens is 2. The maximum atomic E-state index is 11.1. The number of hydrogen-bond acceptors (Lipinski definition) is 3. The fourth-order valence-corrected chi connectivity index (χ4v) is 2.20. The number of methoxy groups -OCH3 is 1. The monoisotopic (exact) mass is 258 g/mol. The van der Waals surface area contributed by atoms with Crippen LogP contribution < -0.4 is 0 Å². The summed E-state index contributed by atoms with van der Waals surface area (Å²) in [4.78, 5) is 15.1. The maximum Gasteiger partial charge on any atom is 0.151 e. The fourth-order valence-electron chi connectivity index (χ4n) is 2.20. The second kappa shape index (κ2) is 6.29. The number of nitrogens with zero attached hydrogens (tertiary/aromatic N) is 2. The average Bonchev–Trinajstić information content (AvgIpc) is 2.77. The van der Waals surface area contributed by atoms with Gasteiger partial charge in [-0.1, -0.05) is 0 Å². The lowest BCUT2D eigenvalue weighted by Crippen LogP contribution is -2.05. The van der Waals surface area contributed by atoms with E-state index in [4.69, 9.17) is 4.74 Å². The van der Waals surface area contributed by atoms with Crippen LogP contribution in [0.1, 0.15) is 22.5 Å². The molecule has 0 atom stereocenters. The van der Waals surface area contributed by atoms with E-state index in [1.807, 2.05) is 25.1 Å². The molecule has 2 aromatic rings. The molecule has 4 heteroatoms. The van der Waals surface area contributed by atoms with Crippen molar-refractivity contribution in [2.24, 2.45) is 0 Å². The summed E-state index contributed by atoms with van der Waals surface area (Å²) in [5.41, 5.74) is 3.86. The summed E-state index contributed by atoms with van der Waals surface area (Å²) in [7, 11) is 1.70. The van der Waals surface area contributed by atoms with Crippen molar-refractivity contribution in [1.82, 2.24) is 9.55 Å². The topological polar surface area (TPSA) is 44.1 Å². The lowest BCUT2D eigenvalue weighted by Gasteiger charge is -2.11. The van der Waals surface area contributed by atoms with E-state index < -0.39 is 0 Å². The lowest BCUT2D eigenvalue weighted by atomic mass is 10.2. The average molecular weight is 258 g/mol. The van der Waals surface area contributed by atoms with Crippen LogP contribution in [0.2, 0.25) is 0 Å². The van der Waals surface area contributed by atoms with Gasteiger partial charge in [0.15, 0.2) is 6.29 Å². The molecule has 19 heavy (non-hydrogen) atoms. The van der Waals surface area contributed by atoms with E-state index in [-0.39, 0.29) is 0 Å². The van der Waals surface area contributed by atoms with Gasteiger partial charge in [-0.05, 0) is 31.5 Å². The third kappa shape index (κ3) is 2.90. The maximum absolute atomic E-state index is 11.1. The van der Waals surface area contributed by atoms with Crippen molar-refractivity contribution in [2.45, 2.75) is 19.9 Å². The Bertz CT molecular complexity index is 547. The van der Waals surface area contributed by atoms with Gasteiger partial charge in [0.2, 0.25) is 0 Å². The summed E-state index contributed by atoms with van der Waals surface area (Å²) < 4.78 is 7.25. The van der Waals surface area contributed by atoms with Gasteiger partial charge >= 0.3 is 0 Å². The Morgan fingerprint density at radius 3 is 2.74 bits per heavy atom. The number of carbonyl (C=O) groups excluding carboxylic acids is 1. The Morgan fingerprint density at radius 1 is 1.37 bits per heavy atom. The molecule has 2 heterocycles. The van der Waals surface area contributed by atoms with Gasteiger partial charge in [0.1, 0.15) is 0 Å². The summed E-state index contributed by atoms with van der Waals surface area (Å²) in [5.74, 6) is 0. The van der Waals surface area contributed by atoms with Crippen LogP contribution in [-0.2, 0) is 11.3 Å². The molecule has 0 N–H and O–H groups in total. The molecule has 0 radical (unpaired) electrons. The Kier molecular flexibility index (Phi) is 4.47. The standard InChI is InChI=1S/C15H18N2O2/c1-12-14(11-18)10-15(13-4-6-16-7-5-13)17(12)8-3-9-19-2/h4-7,10-11H,3,8-9H2,1-2H3. The van der Waals surface area contributed by atoms with Crippen molar-refractivity contribution in [3.8, 4) is 11.3 Å². The molecule has 0 aromatic carbocycles. The van der Waals surface area contributed by atoms with Gasteiger partial charge in [-0.3, -0.25) is 9.78 Å². The summed E-state index contributed by atoms with van der Waals surface area (Å²) in [6.45, 7) is 3.52. The van der Waals surface area contributed by atoms with Crippen LogP contribution in [0.15, 0.2) is 30.6 Å². The van der Waals surface area contributed by atoms with E-state index in [2.05, 4.69) is 9.55 Å². The molecule has 0 aliphatic carbocycles. The van der Waals surface area contributed by atoms with Crippen LogP contribution in [0, 0.1) is 6.92 Å². The third-order valence-electron chi connectivity index (χ3n) is 3.24. The molecular weight excluding hydrogens is 240 g/mol. The molecule has 0 aliphatic rings. The number of rotatable bonds is 6. The molecule has 0 bridgehead atoms. The highest BCUT2D eigenvalue weighted by Crippen LogP contribution is 2.25. The number of hydrogen-bond donors (Lipinski definition) is 0. The normalized spacial score (nSPS) is 10.6. The van der Waals surface area contributed by atoms with E-state index in [0.717, 1.165) is 41.8 Å². The van der Waals surface area contributed by atoms with Gasteiger partial charge in [-0.2, -0.15) is 0 Å². The molecule has 0 saturated carbocycles. The highest BCUT2D eigenvalue weighted by Gasteiger charge is 2.12. The summed E-state index contributed by atoms with van der Waals surface area (Å²) >= 11 is 0. The lowest BCUT2D eigenvalue weighted by molar-refractivity contribution is 0.112. The van der Waals surface area contributed by atoms with Crippen LogP contribution in [0.25, 0.3) is 11.3 Å². The minimum atomic E-state index is 0.712. The van der Waals surface area contributed by atoms with Gasteiger partial charge in [-0.25, -0.2) is 0 Å². The van der Waals surface area contributed by atoms with E-state index in [0.29, 0.717) is 6.61 Å². The van der Waals surface area contributed by atoms with Crippen LogP contribution in [0.4, 0.5) is 0 Å². The molecule has 0 aliphatic heterocycles. The minimum absolute atomic E-state index is 0.712. The molecule has 2 aromatic heterocycles. The molecular formula is C15H18N2O2. The Balaban J connectivity index is 2.38. The van der Waals surface area contributed by atoms with E-state index in [9.17, 15) is 4.79 Å². The van der Waals surface area contributed by atoms with Crippen LogP contribution >= 0.6 is 0 Å². The second-order valence-corrected chi connectivity index (χ2v) is 4.42. The van der Waals surface area contributed by atoms with Crippen LogP contribution in [0.3, 0.4) is 0 Å². The number of aldehydes is 1. The first-order valence-corrected chi connectivity index (χ1v) is 6.32. The summed E-state index contributed by atoms with van der Waals surface area (Å²) in [5, 5.41) is 0. The van der Waals surface area contributed by atoms with Crippen molar-refractivity contribution >= 4 is 6.29 Å². The molecule has 0 amide bonds. The summed E-state index contributed by atoms with van der Waals surface area (Å²) in [6, 6.07) is 5.84. The van der Waals surface area contributed by atoms with Gasteiger partial charge in [-0.15, -0.1) is 0 Å². The van der Waals surface area contributed by atoms with E-state index in [1.165, 1.54) is 0 Å². The zero-order valence-electron chi connectivity index (χ0n) is 11.3. The largest absolute Gasteiger partial charge is 0.385 e. The van der Waals surface area contributed by atoms with Gasteiger partial charge in [0, 0.05) is 55.2 Å². The molecule has 0 unspecified atom stereocenters. The SMILES string of the molecule is COCCCn1c(-c2ccncc2)cc(C=O)c1C. The molecule has 0 spiro atoms. The zero-order valence-corrected chi connectivity index (χ0v) is 11.3. The highest BCUT2D eigenvalue weighted by molar-refractivity contribution is 5.80. The van der Waals surface area contributed by atoms with E-state index in [1.54, 1.807) is 19.5 Å². The molecule has 0 saturated heterocycles. The first-order valence-electron chi connectivity index (χ1n) is 6.32. The number of ether oxygens (including phenoxy) is 1. The number of carbonyl (C=O) groups is 1. The van der Waals surface area contributed by atoms with Crippen molar-refractivity contribution in [3.05, 3.63) is 41.9 Å². The van der Waals surface area contributed by atoms with Gasteiger partial charge in [0.25, 0.3) is 0 Å². The Labute approximate surface area is 113 Å². The van der Waals surface area contributed by atoms with Crippen LogP contribution in [-0.4, -0.2) is 29.6 Å². The summed E-state index contributed by atoms with van der Waals surface area (Å²) in [6.07, 6.45) is 5.35. The molecule has 4 nitrogen and oxygen atoms in total. The zero-order chi connectivity index (χ0) is 13.7. The quantitative estimate of drug-likeness (QED) is 0.591. The molecule has 0 fully saturated rings. The number of pyridine rings is 1. The fraction of sp³-hybridized carbons (Fsp3) is 0.333. The van der Waals surface area contributed by atoms with Crippen molar-refractivity contribution in [2.75, 3.05) is 13.7 Å². The van der Waals surface area contributed by atoms with Gasteiger partial charge < -0.3 is 9.30 Å².